The molecule has 8 nitrogen and oxygen atoms in total. The molecule has 4 aromatic rings. The summed E-state index contributed by atoms with van der Waals surface area (Å²) >= 11 is 0. The summed E-state index contributed by atoms with van der Waals surface area (Å²) in [6.07, 6.45) is 11.3. The molecule has 0 saturated heterocycles. The number of hydrogen-bond acceptors (Lipinski definition) is 7. The molecule has 0 N–H and O–H groups in total. The van der Waals surface area contributed by atoms with E-state index in [9.17, 15) is 9.59 Å². The number of benzene rings is 3. The number of hydrogen-bond donors (Lipinski definition) is 0. The van der Waals surface area contributed by atoms with Crippen LogP contribution in [-0.2, 0) is 6.54 Å². The van der Waals surface area contributed by atoms with Crippen LogP contribution < -0.4 is 28.4 Å². The second kappa shape index (κ2) is 17.6. The number of aryl methyl sites for hydroxylation is 1. The summed E-state index contributed by atoms with van der Waals surface area (Å²) < 4.78 is 24.9. The molecule has 3 aromatic carbocycles. The van der Waals surface area contributed by atoms with Gasteiger partial charge in [0.25, 0.3) is 0 Å². The van der Waals surface area contributed by atoms with E-state index in [-0.39, 0.29) is 0 Å². The molecule has 242 valence electrons. The van der Waals surface area contributed by atoms with Crippen LogP contribution in [0, 0.1) is 6.92 Å². The lowest BCUT2D eigenvalue weighted by atomic mass is 10.1. The third-order valence-electron chi connectivity index (χ3n) is 7.51. The standard InChI is InChI=1S/C38H45N2O6/c1-5-6-7-8-9-10-26-43-33-15-13-31(14-16-33)38(42)46-36-20-19-35(28-29(36)2)45-37(41)30-11-17-34(18-12-30)44-27-25-40-23-21-32(22-24-40)39(3)4/h11-24,28H,5-10,25-27H2,1-4H3/q+1. The molecule has 0 bridgehead atoms. The Kier molecular flexibility index (Phi) is 13.0. The predicted molar refractivity (Wildman–Crippen MR) is 179 cm³/mol. The van der Waals surface area contributed by atoms with Crippen molar-refractivity contribution in [2.45, 2.75) is 58.9 Å². The Labute approximate surface area is 272 Å². The Bertz CT molecular complexity index is 1530. The predicted octanol–water partition coefficient (Wildman–Crippen LogP) is 7.61. The fourth-order valence-electron chi connectivity index (χ4n) is 4.74. The number of rotatable bonds is 17. The van der Waals surface area contributed by atoms with Gasteiger partial charge in [0.2, 0.25) is 0 Å². The molecule has 0 amide bonds. The van der Waals surface area contributed by atoms with Crippen LogP contribution >= 0.6 is 0 Å². The Morgan fingerprint density at radius 2 is 1.20 bits per heavy atom. The highest BCUT2D eigenvalue weighted by atomic mass is 16.5. The lowest BCUT2D eigenvalue weighted by Crippen LogP contribution is -2.35. The van der Waals surface area contributed by atoms with Crippen molar-refractivity contribution in [3.63, 3.8) is 0 Å². The number of anilines is 1. The average molecular weight is 626 g/mol. The number of unbranched alkanes of at least 4 members (excludes halogenated alkanes) is 5. The SMILES string of the molecule is CCCCCCCCOc1ccc(C(=O)Oc2ccc(OC(=O)c3ccc(OCC[n+]4ccc(N(C)C)cc4)cc3)cc2C)cc1. The van der Waals surface area contributed by atoms with Gasteiger partial charge in [0.1, 0.15) is 29.6 Å². The first-order valence-corrected chi connectivity index (χ1v) is 16.0. The minimum absolute atomic E-state index is 0.354. The number of carbonyl (C=O) groups excluding carboxylic acids is 2. The van der Waals surface area contributed by atoms with E-state index in [4.69, 9.17) is 18.9 Å². The lowest BCUT2D eigenvalue weighted by Gasteiger charge is -2.11. The highest BCUT2D eigenvalue weighted by Gasteiger charge is 2.14. The van der Waals surface area contributed by atoms with E-state index >= 15 is 0 Å². The van der Waals surface area contributed by atoms with Gasteiger partial charge in [0.15, 0.2) is 18.9 Å². The van der Waals surface area contributed by atoms with E-state index in [1.807, 2.05) is 26.5 Å². The summed E-state index contributed by atoms with van der Waals surface area (Å²) in [5.74, 6) is 1.17. The van der Waals surface area contributed by atoms with Crippen LogP contribution in [0.3, 0.4) is 0 Å². The van der Waals surface area contributed by atoms with Crippen LogP contribution in [0.2, 0.25) is 0 Å². The molecule has 0 atom stereocenters. The fraction of sp³-hybridized carbons (Fsp3) is 0.342. The van der Waals surface area contributed by atoms with Gasteiger partial charge < -0.3 is 23.8 Å². The van der Waals surface area contributed by atoms with Crippen molar-refractivity contribution in [3.8, 4) is 23.0 Å². The van der Waals surface area contributed by atoms with Crippen molar-refractivity contribution in [1.29, 1.82) is 0 Å². The monoisotopic (exact) mass is 625 g/mol. The van der Waals surface area contributed by atoms with Crippen molar-refractivity contribution in [3.05, 3.63) is 108 Å². The van der Waals surface area contributed by atoms with Gasteiger partial charge in [-0.15, -0.1) is 0 Å². The summed E-state index contributed by atoms with van der Waals surface area (Å²) in [7, 11) is 4.02. The molecular weight excluding hydrogens is 580 g/mol. The van der Waals surface area contributed by atoms with Crippen LogP contribution in [0.25, 0.3) is 0 Å². The second-order valence-electron chi connectivity index (χ2n) is 11.4. The first-order chi connectivity index (χ1) is 22.3. The van der Waals surface area contributed by atoms with Crippen LogP contribution in [0.4, 0.5) is 5.69 Å². The van der Waals surface area contributed by atoms with Gasteiger partial charge in [-0.3, -0.25) is 0 Å². The first kappa shape index (κ1) is 34.0. The number of carbonyl (C=O) groups is 2. The average Bonchev–Trinajstić information content (AvgIpc) is 3.06. The molecule has 0 aliphatic heterocycles. The second-order valence-corrected chi connectivity index (χ2v) is 11.4. The molecule has 46 heavy (non-hydrogen) atoms. The van der Waals surface area contributed by atoms with Crippen LogP contribution in [0.1, 0.15) is 71.7 Å². The molecule has 8 heteroatoms. The maximum atomic E-state index is 12.8. The highest BCUT2D eigenvalue weighted by molar-refractivity contribution is 5.92. The smallest absolute Gasteiger partial charge is 0.343 e. The van der Waals surface area contributed by atoms with E-state index in [1.165, 1.54) is 25.7 Å². The fourth-order valence-corrected chi connectivity index (χ4v) is 4.74. The number of pyridine rings is 1. The largest absolute Gasteiger partial charge is 0.494 e. The van der Waals surface area contributed by atoms with Crippen molar-refractivity contribution < 1.29 is 33.1 Å². The van der Waals surface area contributed by atoms with Crippen LogP contribution in [0.5, 0.6) is 23.0 Å². The summed E-state index contributed by atoms with van der Waals surface area (Å²) in [6.45, 7) is 5.86. The lowest BCUT2D eigenvalue weighted by molar-refractivity contribution is -0.697. The summed E-state index contributed by atoms with van der Waals surface area (Å²) in [6, 6.07) is 22.8. The van der Waals surface area contributed by atoms with Crippen molar-refractivity contribution in [1.82, 2.24) is 0 Å². The van der Waals surface area contributed by atoms with E-state index in [1.54, 1.807) is 73.7 Å². The van der Waals surface area contributed by atoms with Crippen molar-refractivity contribution in [2.24, 2.45) is 0 Å². The number of nitrogens with zero attached hydrogens (tertiary/aromatic N) is 2. The minimum Gasteiger partial charge on any atom is -0.494 e. The molecule has 0 unspecified atom stereocenters. The Hall–Kier alpha value is -4.85. The molecule has 4 rings (SSSR count). The maximum absolute atomic E-state index is 12.8. The van der Waals surface area contributed by atoms with Crippen LogP contribution in [-0.4, -0.2) is 39.2 Å². The molecule has 0 spiro atoms. The topological polar surface area (TPSA) is 78.2 Å². The van der Waals surface area contributed by atoms with Gasteiger partial charge in [0, 0.05) is 31.9 Å². The quantitative estimate of drug-likeness (QED) is 0.0517. The zero-order valence-corrected chi connectivity index (χ0v) is 27.4. The minimum atomic E-state index is -0.494. The van der Waals surface area contributed by atoms with E-state index in [0.29, 0.717) is 53.7 Å². The van der Waals surface area contributed by atoms with Crippen molar-refractivity contribution in [2.75, 3.05) is 32.2 Å². The Morgan fingerprint density at radius 1 is 0.652 bits per heavy atom. The van der Waals surface area contributed by atoms with Crippen LogP contribution in [0.15, 0.2) is 91.3 Å². The number of ether oxygens (including phenoxy) is 4. The Morgan fingerprint density at radius 3 is 1.78 bits per heavy atom. The number of aromatic nitrogens is 1. The molecule has 1 aromatic heterocycles. The van der Waals surface area contributed by atoms with Crippen molar-refractivity contribution >= 4 is 17.6 Å². The Balaban J connectivity index is 1.21. The molecule has 0 fully saturated rings. The van der Waals surface area contributed by atoms with Gasteiger partial charge in [0.05, 0.1) is 17.7 Å². The molecule has 0 aliphatic carbocycles. The maximum Gasteiger partial charge on any atom is 0.343 e. The van der Waals surface area contributed by atoms with E-state index in [2.05, 4.69) is 28.5 Å². The first-order valence-electron chi connectivity index (χ1n) is 16.0. The molecule has 0 saturated carbocycles. The number of esters is 2. The van der Waals surface area contributed by atoms with E-state index < -0.39 is 11.9 Å². The molecule has 0 radical (unpaired) electrons. The third kappa shape index (κ3) is 10.6. The zero-order chi connectivity index (χ0) is 32.7. The third-order valence-corrected chi connectivity index (χ3v) is 7.51. The van der Waals surface area contributed by atoms with Gasteiger partial charge >= 0.3 is 11.9 Å². The molecular formula is C38H45N2O6+. The highest BCUT2D eigenvalue weighted by Crippen LogP contribution is 2.26. The van der Waals surface area contributed by atoms with Gasteiger partial charge in [-0.1, -0.05) is 39.0 Å². The molecule has 1 heterocycles. The molecule has 0 aliphatic rings. The summed E-state index contributed by atoms with van der Waals surface area (Å²) in [5.41, 5.74) is 2.62. The normalized spacial score (nSPS) is 10.7. The van der Waals surface area contributed by atoms with Gasteiger partial charge in [-0.2, -0.15) is 0 Å². The zero-order valence-electron chi connectivity index (χ0n) is 27.4. The van der Waals surface area contributed by atoms with Gasteiger partial charge in [-0.05, 0) is 85.6 Å². The van der Waals surface area contributed by atoms with Gasteiger partial charge in [-0.25, -0.2) is 14.2 Å². The summed E-state index contributed by atoms with van der Waals surface area (Å²) in [5, 5.41) is 0. The van der Waals surface area contributed by atoms with E-state index in [0.717, 1.165) is 24.3 Å². The summed E-state index contributed by atoms with van der Waals surface area (Å²) in [4.78, 5) is 27.6.